The third-order valence-electron chi connectivity index (χ3n) is 7.77. The fourth-order valence-electron chi connectivity index (χ4n) is 6.53. The highest BCUT2D eigenvalue weighted by Gasteiger charge is 2.61. The topological polar surface area (TPSA) is 91.7 Å². The van der Waals surface area contributed by atoms with E-state index in [2.05, 4.69) is 6.92 Å². The molecule has 0 saturated heterocycles. The first-order chi connectivity index (χ1) is 11.7. The molecule has 25 heavy (non-hydrogen) atoms. The van der Waals surface area contributed by atoms with Crippen LogP contribution >= 0.6 is 0 Å². The Hall–Kier alpha value is -1.91. The molecule has 3 saturated carbocycles. The predicted molar refractivity (Wildman–Crippen MR) is 89.7 cm³/mol. The second-order valence-electron chi connectivity index (χ2n) is 8.75. The summed E-state index contributed by atoms with van der Waals surface area (Å²) in [6.07, 6.45) is 6.43. The molecule has 0 aliphatic heterocycles. The second kappa shape index (κ2) is 5.05. The third-order valence-corrected chi connectivity index (χ3v) is 7.77. The summed E-state index contributed by atoms with van der Waals surface area (Å²) in [6.45, 7) is 4.03. The fourth-order valence-corrected chi connectivity index (χ4v) is 6.53. The average Bonchev–Trinajstić information content (AvgIpc) is 2.88. The van der Waals surface area contributed by atoms with E-state index < -0.39 is 17.2 Å². The molecule has 0 aromatic heterocycles. The Kier molecular flexibility index (Phi) is 3.35. The summed E-state index contributed by atoms with van der Waals surface area (Å²) in [5.74, 6) is -1.36. The van der Waals surface area contributed by atoms with Crippen LogP contribution in [0.3, 0.4) is 0 Å². The van der Waals surface area contributed by atoms with E-state index in [4.69, 9.17) is 0 Å². The van der Waals surface area contributed by atoms with Crippen LogP contribution in [0, 0.1) is 34.5 Å². The molecule has 6 atom stereocenters. The van der Waals surface area contributed by atoms with Gasteiger partial charge < -0.3 is 10.2 Å². The van der Waals surface area contributed by atoms with E-state index in [-0.39, 0.29) is 40.6 Å². The molecule has 134 valence electrons. The van der Waals surface area contributed by atoms with Crippen LogP contribution in [-0.4, -0.2) is 27.7 Å². The number of aliphatic hydroxyl groups excluding tert-OH is 1. The Morgan fingerprint density at radius 3 is 2.56 bits per heavy atom. The van der Waals surface area contributed by atoms with Crippen LogP contribution in [0.4, 0.5) is 0 Å². The van der Waals surface area contributed by atoms with Crippen LogP contribution in [-0.2, 0) is 14.4 Å². The number of allylic oxidation sites excluding steroid dienone is 3. The van der Waals surface area contributed by atoms with Crippen molar-refractivity contribution < 1.29 is 24.6 Å². The van der Waals surface area contributed by atoms with Gasteiger partial charge in [0.2, 0.25) is 5.78 Å². The van der Waals surface area contributed by atoms with Crippen molar-refractivity contribution in [3.63, 3.8) is 0 Å². The average molecular weight is 344 g/mol. The van der Waals surface area contributed by atoms with E-state index in [1.165, 1.54) is 6.08 Å². The van der Waals surface area contributed by atoms with Gasteiger partial charge in [-0.05, 0) is 61.0 Å². The van der Waals surface area contributed by atoms with Gasteiger partial charge in [0.1, 0.15) is 0 Å². The number of carbonyl (C=O) groups excluding carboxylic acids is 2. The normalized spacial score (nSPS) is 45.8. The van der Waals surface area contributed by atoms with Crippen molar-refractivity contribution in [1.82, 2.24) is 0 Å². The zero-order valence-corrected chi connectivity index (χ0v) is 14.6. The molecule has 5 nitrogen and oxygen atoms in total. The molecule has 0 heterocycles. The minimum Gasteiger partial charge on any atom is -0.504 e. The maximum absolute atomic E-state index is 12.8. The van der Waals surface area contributed by atoms with Crippen molar-refractivity contribution in [2.45, 2.75) is 46.0 Å². The van der Waals surface area contributed by atoms with E-state index in [0.29, 0.717) is 18.4 Å². The van der Waals surface area contributed by atoms with Gasteiger partial charge in [-0.1, -0.05) is 13.8 Å². The van der Waals surface area contributed by atoms with Crippen LogP contribution in [0.15, 0.2) is 23.5 Å². The predicted octanol–water partition coefficient (Wildman–Crippen LogP) is 3.06. The molecular formula is C20H24O5. The maximum atomic E-state index is 12.8. The number of rotatable bonds is 1. The van der Waals surface area contributed by atoms with E-state index in [1.807, 2.05) is 6.92 Å². The summed E-state index contributed by atoms with van der Waals surface area (Å²) in [6, 6.07) is 0. The van der Waals surface area contributed by atoms with Crippen LogP contribution in [0.2, 0.25) is 0 Å². The highest BCUT2D eigenvalue weighted by atomic mass is 16.4. The van der Waals surface area contributed by atoms with Crippen molar-refractivity contribution >= 4 is 17.5 Å². The van der Waals surface area contributed by atoms with Crippen molar-refractivity contribution in [3.05, 3.63) is 23.5 Å². The molecule has 4 rings (SSSR count). The highest BCUT2D eigenvalue weighted by Crippen LogP contribution is 2.65. The molecule has 0 radical (unpaired) electrons. The number of aliphatic carboxylic acids is 1. The molecule has 4 aliphatic rings. The van der Waals surface area contributed by atoms with Gasteiger partial charge >= 0.3 is 5.97 Å². The maximum Gasteiger partial charge on any atom is 0.307 e. The fraction of sp³-hybridized carbons (Fsp3) is 0.650. The summed E-state index contributed by atoms with van der Waals surface area (Å²) in [5, 5.41) is 19.6. The number of hydrogen-bond acceptors (Lipinski definition) is 4. The number of Topliss-reactive ketones (excluding diaryl/α,β-unsaturated/α-hetero) is 1. The molecule has 0 unspecified atom stereocenters. The SMILES string of the molecule is C[C@]12CC[C@H]3[C@@H](CC(=O)C4=CC(=O)C(O)=C[C@@]43C)[C@@H]1CC[C@@H]2C(=O)O. The van der Waals surface area contributed by atoms with Gasteiger partial charge in [-0.3, -0.25) is 14.4 Å². The van der Waals surface area contributed by atoms with Gasteiger partial charge in [0.25, 0.3) is 0 Å². The zero-order valence-electron chi connectivity index (χ0n) is 14.6. The minimum atomic E-state index is -0.724. The van der Waals surface area contributed by atoms with Gasteiger partial charge in [-0.2, -0.15) is 0 Å². The highest BCUT2D eigenvalue weighted by molar-refractivity contribution is 6.11. The minimum absolute atomic E-state index is 0.0242. The molecule has 0 amide bonds. The third kappa shape index (κ3) is 2.04. The molecule has 3 fully saturated rings. The standard InChI is InChI=1S/C20H24O5/c1-19-6-5-12-10(11(19)3-4-13(19)18(24)25)7-15(21)14-8-16(22)17(23)9-20(12,14)2/h8-13,23H,3-7H2,1-2H3,(H,24,25)/t10-,11-,12-,13+,19-,20+/m0/s1. The van der Waals surface area contributed by atoms with Crippen molar-refractivity contribution in [2.24, 2.45) is 34.5 Å². The molecule has 0 aromatic rings. The summed E-state index contributed by atoms with van der Waals surface area (Å²) >= 11 is 0. The monoisotopic (exact) mass is 344 g/mol. The van der Waals surface area contributed by atoms with Crippen LogP contribution < -0.4 is 0 Å². The molecule has 0 spiro atoms. The lowest BCUT2D eigenvalue weighted by atomic mass is 9.47. The lowest BCUT2D eigenvalue weighted by molar-refractivity contribution is -0.149. The Bertz CT molecular complexity index is 747. The van der Waals surface area contributed by atoms with E-state index in [1.54, 1.807) is 6.08 Å². The largest absolute Gasteiger partial charge is 0.504 e. The van der Waals surface area contributed by atoms with Crippen molar-refractivity contribution in [1.29, 1.82) is 0 Å². The molecule has 5 heteroatoms. The number of hydrogen-bond donors (Lipinski definition) is 2. The Morgan fingerprint density at radius 1 is 1.16 bits per heavy atom. The van der Waals surface area contributed by atoms with Gasteiger partial charge in [-0.25, -0.2) is 0 Å². The first-order valence-corrected chi connectivity index (χ1v) is 9.13. The summed E-state index contributed by atoms with van der Waals surface area (Å²) in [7, 11) is 0. The number of carbonyl (C=O) groups is 3. The molecule has 4 aliphatic carbocycles. The van der Waals surface area contributed by atoms with Gasteiger partial charge in [-0.15, -0.1) is 0 Å². The molecular weight excluding hydrogens is 320 g/mol. The number of ketones is 2. The van der Waals surface area contributed by atoms with Crippen molar-refractivity contribution in [3.8, 4) is 0 Å². The zero-order chi connectivity index (χ0) is 18.1. The lowest BCUT2D eigenvalue weighted by Gasteiger charge is -2.56. The number of fused-ring (bicyclic) bond motifs is 5. The van der Waals surface area contributed by atoms with Gasteiger partial charge in [0, 0.05) is 17.4 Å². The summed E-state index contributed by atoms with van der Waals surface area (Å²) in [5.41, 5.74) is -0.366. The van der Waals surface area contributed by atoms with E-state index in [0.717, 1.165) is 19.3 Å². The molecule has 0 bridgehead atoms. The Morgan fingerprint density at radius 2 is 1.88 bits per heavy atom. The van der Waals surface area contributed by atoms with E-state index >= 15 is 0 Å². The summed E-state index contributed by atoms with van der Waals surface area (Å²) in [4.78, 5) is 36.3. The Balaban J connectivity index is 1.75. The van der Waals surface area contributed by atoms with Gasteiger partial charge in [0.15, 0.2) is 11.5 Å². The van der Waals surface area contributed by atoms with Gasteiger partial charge in [0.05, 0.1) is 5.92 Å². The quantitative estimate of drug-likeness (QED) is 0.763. The first-order valence-electron chi connectivity index (χ1n) is 9.13. The van der Waals surface area contributed by atoms with Crippen LogP contribution in [0.5, 0.6) is 0 Å². The molecule has 2 N–H and O–H groups in total. The van der Waals surface area contributed by atoms with E-state index in [9.17, 15) is 24.6 Å². The summed E-state index contributed by atoms with van der Waals surface area (Å²) < 4.78 is 0. The second-order valence-corrected chi connectivity index (χ2v) is 8.75. The van der Waals surface area contributed by atoms with Crippen LogP contribution in [0.25, 0.3) is 0 Å². The number of carboxylic acids is 1. The number of aliphatic hydroxyl groups is 1. The molecule has 0 aromatic carbocycles. The van der Waals surface area contributed by atoms with Crippen LogP contribution in [0.1, 0.15) is 46.0 Å². The number of carboxylic acid groups (broad SMARTS) is 1. The van der Waals surface area contributed by atoms with Crippen molar-refractivity contribution in [2.75, 3.05) is 0 Å². The lowest BCUT2D eigenvalue weighted by Crippen LogP contribution is -2.52. The first kappa shape index (κ1) is 16.6. The Labute approximate surface area is 146 Å². The smallest absolute Gasteiger partial charge is 0.307 e.